The van der Waals surface area contributed by atoms with Crippen molar-refractivity contribution in [3.05, 3.63) is 28.8 Å². The van der Waals surface area contributed by atoms with Gasteiger partial charge in [0.05, 0.1) is 0 Å². The molecule has 0 radical (unpaired) electrons. The molecule has 0 aliphatic carbocycles. The Morgan fingerprint density at radius 3 is 2.44 bits per heavy atom. The molecule has 0 heterocycles. The maximum atomic E-state index is 10.5. The molecule has 0 aliphatic rings. The highest BCUT2D eigenvalue weighted by atomic mass is 128. The Balaban J connectivity index is 0.00000106. The van der Waals surface area contributed by atoms with E-state index in [2.05, 4.69) is 42.5 Å². The average molecular weight is 469 g/mol. The molecule has 16 heavy (non-hydrogen) atoms. The van der Waals surface area contributed by atoms with Gasteiger partial charge in [0.25, 0.3) is 0 Å². The molecular weight excluding hydrogens is 459 g/mol. The number of rotatable bonds is 3. The molecule has 0 spiro atoms. The molecule has 90 valence electrons. The van der Waals surface area contributed by atoms with E-state index in [9.17, 15) is 9.90 Å². The first kappa shape index (κ1) is 16.2. The van der Waals surface area contributed by atoms with Gasteiger partial charge in [-0.05, 0) is 23.8 Å². The van der Waals surface area contributed by atoms with E-state index < -0.39 is 12.1 Å². The number of anilines is 1. The Morgan fingerprint density at radius 1 is 1.44 bits per heavy atom. The van der Waals surface area contributed by atoms with Crippen molar-refractivity contribution < 1.29 is 15.0 Å². The first-order valence-electron chi connectivity index (χ1n) is 4.08. The summed E-state index contributed by atoms with van der Waals surface area (Å²) in [5.74, 6) is -1.30. The maximum absolute atomic E-state index is 10.5. The molecule has 0 bridgehead atoms. The minimum absolute atomic E-state index is 0.259. The number of nitrogens with one attached hydrogen (secondary N) is 1. The third kappa shape index (κ3) is 5.02. The summed E-state index contributed by atoms with van der Waals surface area (Å²) < 4.78 is 0. The van der Waals surface area contributed by atoms with Gasteiger partial charge in [-0.2, -0.15) is 0 Å². The lowest BCUT2D eigenvalue weighted by Crippen LogP contribution is -2.10. The van der Waals surface area contributed by atoms with E-state index in [1.54, 1.807) is 13.1 Å². The summed E-state index contributed by atoms with van der Waals surface area (Å²) in [5.41, 5.74) is 0.919. The standard InChI is InChI=1S/C9H10ClNO3.I2/c1-11-7-3-5(2-6(10)4-7)8(12)9(13)14;1-2/h2-4,8,11-12H,1H3,(H,13,14);. The summed E-state index contributed by atoms with van der Waals surface area (Å²) in [7, 11) is 1.68. The number of halogens is 3. The van der Waals surface area contributed by atoms with Crippen molar-refractivity contribution in [1.29, 1.82) is 0 Å². The zero-order valence-electron chi connectivity index (χ0n) is 8.25. The van der Waals surface area contributed by atoms with Gasteiger partial charge in [-0.3, -0.25) is 0 Å². The second-order valence-corrected chi connectivity index (χ2v) is 3.20. The van der Waals surface area contributed by atoms with Gasteiger partial charge in [0, 0.05) is 55.0 Å². The van der Waals surface area contributed by atoms with Gasteiger partial charge in [-0.1, -0.05) is 11.6 Å². The highest BCUT2D eigenvalue weighted by Crippen LogP contribution is 2.23. The zero-order valence-corrected chi connectivity index (χ0v) is 13.3. The minimum atomic E-state index is -1.54. The Kier molecular flexibility index (Phi) is 8.42. The lowest BCUT2D eigenvalue weighted by atomic mass is 10.1. The van der Waals surface area contributed by atoms with Gasteiger partial charge in [0.2, 0.25) is 0 Å². The number of aliphatic hydroxyl groups excluding tert-OH is 1. The number of carboxylic acid groups (broad SMARTS) is 1. The highest BCUT2D eigenvalue weighted by Gasteiger charge is 2.16. The van der Waals surface area contributed by atoms with Crippen LogP contribution in [-0.4, -0.2) is 23.2 Å². The molecule has 1 rings (SSSR count). The molecule has 0 saturated heterocycles. The number of hydrogen-bond donors (Lipinski definition) is 3. The Bertz CT molecular complexity index is 363. The van der Waals surface area contributed by atoms with Crippen LogP contribution >= 0.6 is 48.8 Å². The first-order chi connectivity index (χ1) is 7.54. The van der Waals surface area contributed by atoms with Crippen molar-refractivity contribution in [3.63, 3.8) is 0 Å². The normalized spacial score (nSPS) is 11.1. The lowest BCUT2D eigenvalue weighted by molar-refractivity contribution is -0.146. The fourth-order valence-electron chi connectivity index (χ4n) is 1.06. The number of aliphatic hydroxyl groups is 1. The quantitative estimate of drug-likeness (QED) is 0.595. The fourth-order valence-corrected chi connectivity index (χ4v) is 1.30. The number of benzene rings is 1. The van der Waals surface area contributed by atoms with Gasteiger partial charge in [-0.25, -0.2) is 4.79 Å². The van der Waals surface area contributed by atoms with Crippen molar-refractivity contribution >= 4 is 60.5 Å². The molecule has 1 atom stereocenters. The summed E-state index contributed by atoms with van der Waals surface area (Å²) >= 11 is 9.97. The van der Waals surface area contributed by atoms with Crippen LogP contribution < -0.4 is 5.32 Å². The van der Waals surface area contributed by atoms with Crippen LogP contribution in [0.2, 0.25) is 5.02 Å². The van der Waals surface area contributed by atoms with Gasteiger partial charge >= 0.3 is 5.97 Å². The smallest absolute Gasteiger partial charge is 0.337 e. The molecular formula is C9H10ClI2NO3. The van der Waals surface area contributed by atoms with E-state index in [0.29, 0.717) is 10.7 Å². The molecule has 0 amide bonds. The second kappa shape index (κ2) is 8.31. The molecule has 1 aromatic carbocycles. The Morgan fingerprint density at radius 2 is 2.00 bits per heavy atom. The molecule has 1 unspecified atom stereocenters. The molecule has 0 saturated carbocycles. The van der Waals surface area contributed by atoms with Crippen molar-refractivity contribution in [2.75, 3.05) is 12.4 Å². The largest absolute Gasteiger partial charge is 0.479 e. The SMILES string of the molecule is CNc1cc(Cl)cc(C(O)C(=O)O)c1.II. The summed E-state index contributed by atoms with van der Waals surface area (Å²) in [6.45, 7) is 0. The molecule has 1 aromatic rings. The maximum Gasteiger partial charge on any atom is 0.337 e. The Labute approximate surface area is 122 Å². The van der Waals surface area contributed by atoms with E-state index in [-0.39, 0.29) is 5.56 Å². The van der Waals surface area contributed by atoms with Gasteiger partial charge in [-0.15, -0.1) is 0 Å². The number of hydrogen-bond acceptors (Lipinski definition) is 3. The van der Waals surface area contributed by atoms with Crippen molar-refractivity contribution in [2.45, 2.75) is 6.10 Å². The van der Waals surface area contributed by atoms with E-state index in [1.807, 2.05) is 0 Å². The molecule has 0 aliphatic heterocycles. The predicted molar refractivity (Wildman–Crippen MR) is 81.6 cm³/mol. The topological polar surface area (TPSA) is 69.6 Å². The van der Waals surface area contributed by atoms with E-state index in [4.69, 9.17) is 16.7 Å². The second-order valence-electron chi connectivity index (χ2n) is 2.76. The lowest BCUT2D eigenvalue weighted by Gasteiger charge is -2.08. The molecule has 0 fully saturated rings. The van der Waals surface area contributed by atoms with Gasteiger partial charge in [0.1, 0.15) is 0 Å². The molecule has 4 nitrogen and oxygen atoms in total. The van der Waals surface area contributed by atoms with Crippen LogP contribution in [-0.2, 0) is 4.79 Å². The minimum Gasteiger partial charge on any atom is -0.479 e. The fraction of sp³-hybridized carbons (Fsp3) is 0.222. The van der Waals surface area contributed by atoms with Crippen LogP contribution in [0.25, 0.3) is 0 Å². The van der Waals surface area contributed by atoms with Gasteiger partial charge in [0.15, 0.2) is 6.10 Å². The molecule has 0 aromatic heterocycles. The third-order valence-electron chi connectivity index (χ3n) is 1.76. The highest BCUT2D eigenvalue weighted by molar-refractivity contribution is 15.0. The predicted octanol–water partition coefficient (Wildman–Crippen LogP) is 3.27. The van der Waals surface area contributed by atoms with Crippen LogP contribution in [0.3, 0.4) is 0 Å². The van der Waals surface area contributed by atoms with E-state index in [1.165, 1.54) is 12.1 Å². The van der Waals surface area contributed by atoms with Crippen LogP contribution in [0, 0.1) is 0 Å². The van der Waals surface area contributed by atoms with Crippen LogP contribution in [0.1, 0.15) is 11.7 Å². The monoisotopic (exact) mass is 469 g/mol. The van der Waals surface area contributed by atoms with E-state index in [0.717, 1.165) is 0 Å². The van der Waals surface area contributed by atoms with Crippen molar-refractivity contribution in [3.8, 4) is 0 Å². The van der Waals surface area contributed by atoms with E-state index >= 15 is 0 Å². The first-order valence-corrected chi connectivity index (χ1v) is 10.7. The van der Waals surface area contributed by atoms with Crippen LogP contribution in [0.4, 0.5) is 5.69 Å². The van der Waals surface area contributed by atoms with Crippen molar-refractivity contribution in [1.82, 2.24) is 0 Å². The summed E-state index contributed by atoms with van der Waals surface area (Å²) in [5, 5.41) is 21.0. The summed E-state index contributed by atoms with van der Waals surface area (Å²) in [6, 6.07) is 4.59. The number of carbonyl (C=O) groups is 1. The molecule has 7 heteroatoms. The third-order valence-corrected chi connectivity index (χ3v) is 1.98. The average Bonchev–Trinajstić information content (AvgIpc) is 2.29. The number of aliphatic carboxylic acids is 1. The summed E-state index contributed by atoms with van der Waals surface area (Å²) in [4.78, 5) is 10.5. The van der Waals surface area contributed by atoms with Crippen LogP contribution in [0.5, 0.6) is 0 Å². The number of carboxylic acids is 1. The van der Waals surface area contributed by atoms with Crippen molar-refractivity contribution in [2.24, 2.45) is 0 Å². The van der Waals surface area contributed by atoms with Gasteiger partial charge < -0.3 is 15.5 Å². The summed E-state index contributed by atoms with van der Waals surface area (Å²) in [6.07, 6.45) is -1.54. The Hall–Kier alpha value is 0.200. The van der Waals surface area contributed by atoms with Crippen LogP contribution in [0.15, 0.2) is 18.2 Å². The molecule has 3 N–H and O–H groups in total. The zero-order chi connectivity index (χ0) is 12.7.